The number of likely N-dealkylation sites (tertiary alicyclic amines) is 1. The zero-order valence-electron chi connectivity index (χ0n) is 16.6. The highest BCUT2D eigenvalue weighted by Crippen LogP contribution is 2.23. The van der Waals surface area contributed by atoms with Gasteiger partial charge < -0.3 is 14.8 Å². The number of hydrogen-bond donors (Lipinski definition) is 1. The van der Waals surface area contributed by atoms with Crippen molar-refractivity contribution in [2.24, 2.45) is 0 Å². The van der Waals surface area contributed by atoms with Crippen molar-refractivity contribution in [2.45, 2.75) is 25.9 Å². The van der Waals surface area contributed by atoms with Crippen molar-refractivity contribution in [1.29, 1.82) is 0 Å². The third-order valence-corrected chi connectivity index (χ3v) is 4.97. The van der Waals surface area contributed by atoms with Crippen LogP contribution in [0.15, 0.2) is 48.5 Å². The van der Waals surface area contributed by atoms with Gasteiger partial charge in [0.05, 0.1) is 14.2 Å². The predicted molar refractivity (Wildman–Crippen MR) is 111 cm³/mol. The zero-order chi connectivity index (χ0) is 19.8. The van der Waals surface area contributed by atoms with E-state index in [0.717, 1.165) is 25.2 Å². The number of nitrogens with one attached hydrogen (secondary N) is 1. The van der Waals surface area contributed by atoms with Crippen LogP contribution < -0.4 is 14.8 Å². The third-order valence-electron chi connectivity index (χ3n) is 4.97. The molecule has 0 unspecified atom stereocenters. The van der Waals surface area contributed by atoms with E-state index in [2.05, 4.69) is 28.4 Å². The van der Waals surface area contributed by atoms with Crippen molar-refractivity contribution >= 4 is 12.0 Å². The summed E-state index contributed by atoms with van der Waals surface area (Å²) in [5.41, 5.74) is 3.30. The van der Waals surface area contributed by atoms with Gasteiger partial charge in [0.1, 0.15) is 11.5 Å². The number of hydrogen-bond acceptors (Lipinski definition) is 4. The molecular formula is C23H28N2O3. The molecule has 0 aromatic heterocycles. The first-order valence-electron chi connectivity index (χ1n) is 9.66. The van der Waals surface area contributed by atoms with Gasteiger partial charge in [0, 0.05) is 25.2 Å². The molecule has 1 aliphatic heterocycles. The van der Waals surface area contributed by atoms with Gasteiger partial charge in [0.15, 0.2) is 0 Å². The summed E-state index contributed by atoms with van der Waals surface area (Å²) in [4.78, 5) is 14.8. The van der Waals surface area contributed by atoms with Crippen molar-refractivity contribution in [3.8, 4) is 11.5 Å². The summed E-state index contributed by atoms with van der Waals surface area (Å²) in [6, 6.07) is 13.8. The van der Waals surface area contributed by atoms with E-state index >= 15 is 0 Å². The summed E-state index contributed by atoms with van der Waals surface area (Å²) >= 11 is 0. The number of methoxy groups -OCH3 is 2. The second kappa shape index (κ2) is 9.95. The SMILES string of the molecule is COc1cc(/C=C/C(=O)NCc2ccccc2CN2CCCC2)cc(OC)c1. The summed E-state index contributed by atoms with van der Waals surface area (Å²) in [5.74, 6) is 1.25. The standard InChI is InChI=1S/C23H28N2O3/c1-27-21-13-18(14-22(15-21)28-2)9-10-23(26)24-16-19-7-3-4-8-20(19)17-25-11-5-6-12-25/h3-4,7-10,13-15H,5-6,11-12,16-17H2,1-2H3,(H,24,26)/b10-9+. The van der Waals surface area contributed by atoms with Crippen LogP contribution in [0.5, 0.6) is 11.5 Å². The molecule has 5 nitrogen and oxygen atoms in total. The summed E-state index contributed by atoms with van der Waals surface area (Å²) in [7, 11) is 3.21. The van der Waals surface area contributed by atoms with Crippen LogP contribution in [0.3, 0.4) is 0 Å². The molecule has 1 saturated heterocycles. The third kappa shape index (κ3) is 5.60. The van der Waals surface area contributed by atoms with E-state index in [4.69, 9.17) is 9.47 Å². The Balaban J connectivity index is 1.59. The molecule has 0 aliphatic carbocycles. The Hall–Kier alpha value is -2.79. The summed E-state index contributed by atoms with van der Waals surface area (Å²) in [5, 5.41) is 2.98. The van der Waals surface area contributed by atoms with Crippen molar-refractivity contribution in [1.82, 2.24) is 10.2 Å². The highest BCUT2D eigenvalue weighted by atomic mass is 16.5. The van der Waals surface area contributed by atoms with E-state index in [0.29, 0.717) is 18.0 Å². The van der Waals surface area contributed by atoms with E-state index < -0.39 is 0 Å². The molecule has 0 bridgehead atoms. The summed E-state index contributed by atoms with van der Waals surface area (Å²) in [6.07, 6.45) is 5.85. The van der Waals surface area contributed by atoms with Crippen LogP contribution in [0.25, 0.3) is 6.08 Å². The molecule has 0 atom stereocenters. The number of ether oxygens (including phenoxy) is 2. The molecule has 2 aromatic carbocycles. The van der Waals surface area contributed by atoms with Crippen LogP contribution in [-0.2, 0) is 17.9 Å². The number of carbonyl (C=O) groups is 1. The van der Waals surface area contributed by atoms with Crippen LogP contribution in [0, 0.1) is 0 Å². The normalized spacial score (nSPS) is 14.4. The molecule has 1 fully saturated rings. The first kappa shape index (κ1) is 20.0. The van der Waals surface area contributed by atoms with E-state index in [-0.39, 0.29) is 5.91 Å². The Kier molecular flexibility index (Phi) is 7.09. The molecule has 28 heavy (non-hydrogen) atoms. The lowest BCUT2D eigenvalue weighted by molar-refractivity contribution is -0.116. The average molecular weight is 380 g/mol. The Morgan fingerprint density at radius 2 is 1.68 bits per heavy atom. The minimum atomic E-state index is -0.127. The van der Waals surface area contributed by atoms with E-state index in [1.165, 1.54) is 30.0 Å². The van der Waals surface area contributed by atoms with Gasteiger partial charge >= 0.3 is 0 Å². The maximum Gasteiger partial charge on any atom is 0.244 e. The molecule has 0 spiro atoms. The predicted octanol–water partition coefficient (Wildman–Crippen LogP) is 3.63. The number of nitrogens with zero attached hydrogens (tertiary/aromatic N) is 1. The Bertz CT molecular complexity index is 804. The number of carbonyl (C=O) groups excluding carboxylic acids is 1. The highest BCUT2D eigenvalue weighted by molar-refractivity contribution is 5.91. The molecule has 5 heteroatoms. The zero-order valence-corrected chi connectivity index (χ0v) is 16.6. The molecule has 3 rings (SSSR count). The first-order valence-corrected chi connectivity index (χ1v) is 9.66. The first-order chi connectivity index (χ1) is 13.7. The molecule has 0 saturated carbocycles. The lowest BCUT2D eigenvalue weighted by Gasteiger charge is -2.17. The van der Waals surface area contributed by atoms with Gasteiger partial charge in [-0.1, -0.05) is 24.3 Å². The Morgan fingerprint density at radius 1 is 1.04 bits per heavy atom. The van der Waals surface area contributed by atoms with Gasteiger partial charge in [-0.05, 0) is 60.8 Å². The lowest BCUT2D eigenvalue weighted by Crippen LogP contribution is -2.23. The molecular weight excluding hydrogens is 352 g/mol. The lowest BCUT2D eigenvalue weighted by atomic mass is 10.1. The average Bonchev–Trinajstić information content (AvgIpc) is 3.24. The number of rotatable bonds is 8. The van der Waals surface area contributed by atoms with Gasteiger partial charge in [-0.25, -0.2) is 0 Å². The second-order valence-corrected chi connectivity index (χ2v) is 6.95. The topological polar surface area (TPSA) is 50.8 Å². The maximum absolute atomic E-state index is 12.3. The molecule has 1 amide bonds. The second-order valence-electron chi connectivity index (χ2n) is 6.95. The quantitative estimate of drug-likeness (QED) is 0.711. The fraction of sp³-hybridized carbons (Fsp3) is 0.348. The molecule has 1 N–H and O–H groups in total. The molecule has 1 aliphatic rings. The van der Waals surface area contributed by atoms with E-state index in [1.54, 1.807) is 26.4 Å². The van der Waals surface area contributed by atoms with Crippen molar-refractivity contribution in [3.05, 3.63) is 65.2 Å². The molecule has 0 radical (unpaired) electrons. The van der Waals surface area contributed by atoms with Gasteiger partial charge in [-0.3, -0.25) is 9.69 Å². The fourth-order valence-electron chi connectivity index (χ4n) is 3.40. The van der Waals surface area contributed by atoms with Crippen LogP contribution in [0.4, 0.5) is 0 Å². The van der Waals surface area contributed by atoms with Gasteiger partial charge in [-0.2, -0.15) is 0 Å². The highest BCUT2D eigenvalue weighted by Gasteiger charge is 2.13. The number of amides is 1. The number of benzene rings is 2. The maximum atomic E-state index is 12.3. The largest absolute Gasteiger partial charge is 0.497 e. The van der Waals surface area contributed by atoms with Crippen LogP contribution >= 0.6 is 0 Å². The van der Waals surface area contributed by atoms with Gasteiger partial charge in [0.2, 0.25) is 5.91 Å². The summed E-state index contributed by atoms with van der Waals surface area (Å²) in [6.45, 7) is 3.79. The van der Waals surface area contributed by atoms with E-state index in [1.807, 2.05) is 18.2 Å². The fourth-order valence-corrected chi connectivity index (χ4v) is 3.40. The van der Waals surface area contributed by atoms with Crippen molar-refractivity contribution in [2.75, 3.05) is 27.3 Å². The van der Waals surface area contributed by atoms with Crippen LogP contribution in [0.2, 0.25) is 0 Å². The monoisotopic (exact) mass is 380 g/mol. The minimum Gasteiger partial charge on any atom is -0.497 e. The Labute approximate surface area is 167 Å². The van der Waals surface area contributed by atoms with Crippen LogP contribution in [0.1, 0.15) is 29.5 Å². The molecule has 1 heterocycles. The van der Waals surface area contributed by atoms with Crippen molar-refractivity contribution in [3.63, 3.8) is 0 Å². The van der Waals surface area contributed by atoms with Crippen molar-refractivity contribution < 1.29 is 14.3 Å². The Morgan fingerprint density at radius 3 is 2.32 bits per heavy atom. The summed E-state index contributed by atoms with van der Waals surface area (Å²) < 4.78 is 10.5. The minimum absolute atomic E-state index is 0.127. The van der Waals surface area contributed by atoms with Gasteiger partial charge in [0.25, 0.3) is 0 Å². The van der Waals surface area contributed by atoms with E-state index in [9.17, 15) is 4.79 Å². The molecule has 148 valence electrons. The smallest absolute Gasteiger partial charge is 0.244 e. The van der Waals surface area contributed by atoms with Crippen LogP contribution in [-0.4, -0.2) is 38.1 Å². The molecule has 2 aromatic rings. The van der Waals surface area contributed by atoms with Gasteiger partial charge in [-0.15, -0.1) is 0 Å².